The number of fused-ring (bicyclic) bond motifs is 1. The van der Waals surface area contributed by atoms with E-state index in [4.69, 9.17) is 4.74 Å². The molecule has 0 bridgehead atoms. The lowest BCUT2D eigenvalue weighted by Gasteiger charge is -2.11. The van der Waals surface area contributed by atoms with Crippen molar-refractivity contribution in [3.8, 4) is 0 Å². The molecule has 0 atom stereocenters. The van der Waals surface area contributed by atoms with E-state index >= 15 is 0 Å². The second-order valence-electron chi connectivity index (χ2n) is 4.35. The summed E-state index contributed by atoms with van der Waals surface area (Å²) in [6.45, 7) is 4.16. The summed E-state index contributed by atoms with van der Waals surface area (Å²) in [5.41, 5.74) is 4.53. The van der Waals surface area contributed by atoms with E-state index < -0.39 is 0 Å². The molecule has 0 N–H and O–H groups in total. The zero-order valence-corrected chi connectivity index (χ0v) is 10.3. The van der Waals surface area contributed by atoms with Crippen LogP contribution in [0, 0.1) is 0 Å². The van der Waals surface area contributed by atoms with E-state index in [1.807, 2.05) is 0 Å². The van der Waals surface area contributed by atoms with Crippen LogP contribution in [0.15, 0.2) is 12.3 Å². The Labute approximate surface area is 97.9 Å². The smallest absolute Gasteiger partial charge is 0.0479 e. The van der Waals surface area contributed by atoms with Crippen molar-refractivity contribution < 1.29 is 4.74 Å². The maximum absolute atomic E-state index is 5.11. The number of allylic oxidation sites excluding steroid dienone is 1. The van der Waals surface area contributed by atoms with Gasteiger partial charge in [-0.2, -0.15) is 0 Å². The molecule has 1 aliphatic carbocycles. The molecule has 0 radical (unpaired) electrons. The number of ether oxygens (including phenoxy) is 1. The average molecular weight is 219 g/mol. The van der Waals surface area contributed by atoms with Crippen LogP contribution in [0.4, 0.5) is 0 Å². The fourth-order valence-electron chi connectivity index (χ4n) is 2.45. The van der Waals surface area contributed by atoms with Crippen molar-refractivity contribution in [2.24, 2.45) is 0 Å². The summed E-state index contributed by atoms with van der Waals surface area (Å²) in [5, 5.41) is 0. The van der Waals surface area contributed by atoms with Gasteiger partial charge in [-0.15, -0.1) is 0 Å². The van der Waals surface area contributed by atoms with Gasteiger partial charge >= 0.3 is 0 Å². The zero-order valence-electron chi connectivity index (χ0n) is 10.3. The Morgan fingerprint density at radius 3 is 3.06 bits per heavy atom. The van der Waals surface area contributed by atoms with Crippen molar-refractivity contribution in [1.29, 1.82) is 0 Å². The molecule has 88 valence electrons. The largest absolute Gasteiger partial charge is 0.385 e. The van der Waals surface area contributed by atoms with Crippen molar-refractivity contribution in [2.75, 3.05) is 13.7 Å². The summed E-state index contributed by atoms with van der Waals surface area (Å²) >= 11 is 0. The molecule has 0 spiro atoms. The van der Waals surface area contributed by atoms with E-state index in [0.29, 0.717) is 0 Å². The molecule has 0 aliphatic heterocycles. The summed E-state index contributed by atoms with van der Waals surface area (Å²) in [7, 11) is 1.77. The Kier molecular flexibility index (Phi) is 3.83. The summed E-state index contributed by atoms with van der Waals surface area (Å²) in [6.07, 6.45) is 11.5. The number of hydrogen-bond acceptors (Lipinski definition) is 1. The van der Waals surface area contributed by atoms with Crippen molar-refractivity contribution in [3.63, 3.8) is 0 Å². The maximum Gasteiger partial charge on any atom is 0.0479 e. The average Bonchev–Trinajstić information content (AvgIpc) is 2.68. The topological polar surface area (TPSA) is 14.2 Å². The van der Waals surface area contributed by atoms with E-state index in [1.54, 1.807) is 12.7 Å². The van der Waals surface area contributed by atoms with Crippen molar-refractivity contribution >= 4 is 6.08 Å². The fraction of sp³-hybridized carbons (Fsp3) is 0.571. The van der Waals surface area contributed by atoms with Crippen LogP contribution in [-0.2, 0) is 24.1 Å². The fourth-order valence-corrected chi connectivity index (χ4v) is 2.45. The Morgan fingerprint density at radius 1 is 1.44 bits per heavy atom. The molecule has 2 heteroatoms. The molecule has 0 fully saturated rings. The molecule has 0 aromatic carbocycles. The number of aromatic nitrogens is 1. The Morgan fingerprint density at radius 2 is 2.31 bits per heavy atom. The van der Waals surface area contributed by atoms with Crippen LogP contribution in [0.2, 0.25) is 0 Å². The number of methoxy groups -OCH3 is 1. The molecule has 0 saturated heterocycles. The summed E-state index contributed by atoms with van der Waals surface area (Å²) in [5.74, 6) is 0. The molecule has 2 rings (SSSR count). The number of aryl methyl sites for hydroxylation is 2. The first kappa shape index (κ1) is 11.5. The highest BCUT2D eigenvalue weighted by atomic mass is 16.5. The van der Waals surface area contributed by atoms with Gasteiger partial charge in [-0.25, -0.2) is 0 Å². The van der Waals surface area contributed by atoms with Crippen LogP contribution in [0.3, 0.4) is 0 Å². The first-order valence-electron chi connectivity index (χ1n) is 6.23. The predicted molar refractivity (Wildman–Crippen MR) is 67.7 cm³/mol. The van der Waals surface area contributed by atoms with Gasteiger partial charge in [-0.1, -0.05) is 13.0 Å². The van der Waals surface area contributed by atoms with Gasteiger partial charge in [0.05, 0.1) is 0 Å². The van der Waals surface area contributed by atoms with Gasteiger partial charge in [-0.05, 0) is 42.9 Å². The van der Waals surface area contributed by atoms with E-state index in [-0.39, 0.29) is 0 Å². The van der Waals surface area contributed by atoms with Gasteiger partial charge in [-0.3, -0.25) is 0 Å². The number of nitrogens with zero attached hydrogens (tertiary/aromatic N) is 1. The first-order chi connectivity index (χ1) is 7.86. The molecule has 1 aromatic heterocycles. The van der Waals surface area contributed by atoms with Gasteiger partial charge in [0.25, 0.3) is 0 Å². The highest BCUT2D eigenvalue weighted by Crippen LogP contribution is 2.25. The molecule has 1 aliphatic rings. The van der Waals surface area contributed by atoms with Crippen LogP contribution in [0.1, 0.15) is 36.6 Å². The van der Waals surface area contributed by atoms with Crippen molar-refractivity contribution in [3.05, 3.63) is 29.1 Å². The summed E-state index contributed by atoms with van der Waals surface area (Å²) < 4.78 is 7.50. The standard InChI is InChI=1S/C14H21NO/c1-3-12-11-15(9-6-10-16-2)14-8-5-4-7-13(12)14/h5,8,11H,3-4,6-7,9-10H2,1-2H3. The molecular weight excluding hydrogens is 198 g/mol. The highest BCUT2D eigenvalue weighted by molar-refractivity contribution is 5.56. The van der Waals surface area contributed by atoms with Gasteiger partial charge in [0.15, 0.2) is 0 Å². The summed E-state index contributed by atoms with van der Waals surface area (Å²) in [6, 6.07) is 0. The molecule has 16 heavy (non-hydrogen) atoms. The van der Waals surface area contributed by atoms with E-state index in [0.717, 1.165) is 26.0 Å². The van der Waals surface area contributed by atoms with E-state index in [2.05, 4.69) is 29.8 Å². The van der Waals surface area contributed by atoms with Crippen LogP contribution in [0.5, 0.6) is 0 Å². The van der Waals surface area contributed by atoms with Crippen LogP contribution in [0.25, 0.3) is 6.08 Å². The zero-order chi connectivity index (χ0) is 11.4. The third-order valence-corrected chi connectivity index (χ3v) is 3.28. The number of hydrogen-bond donors (Lipinski definition) is 0. The van der Waals surface area contributed by atoms with Crippen molar-refractivity contribution in [1.82, 2.24) is 4.57 Å². The van der Waals surface area contributed by atoms with E-state index in [9.17, 15) is 0 Å². The quantitative estimate of drug-likeness (QED) is 0.694. The van der Waals surface area contributed by atoms with Gasteiger partial charge in [0.2, 0.25) is 0 Å². The van der Waals surface area contributed by atoms with Crippen LogP contribution in [-0.4, -0.2) is 18.3 Å². The Bertz CT molecular complexity index is 376. The Balaban J connectivity index is 2.18. The first-order valence-corrected chi connectivity index (χ1v) is 6.23. The molecule has 2 nitrogen and oxygen atoms in total. The third kappa shape index (κ3) is 2.22. The molecule has 0 saturated carbocycles. The lowest BCUT2D eigenvalue weighted by Crippen LogP contribution is -2.04. The minimum atomic E-state index is 0.845. The van der Waals surface area contributed by atoms with Gasteiger partial charge < -0.3 is 9.30 Å². The monoisotopic (exact) mass is 219 g/mol. The minimum Gasteiger partial charge on any atom is -0.385 e. The molecule has 0 amide bonds. The van der Waals surface area contributed by atoms with Crippen LogP contribution >= 0.6 is 0 Å². The number of rotatable bonds is 5. The van der Waals surface area contributed by atoms with Crippen LogP contribution < -0.4 is 0 Å². The normalized spacial score (nSPS) is 14.1. The van der Waals surface area contributed by atoms with Crippen molar-refractivity contribution in [2.45, 2.75) is 39.2 Å². The highest BCUT2D eigenvalue weighted by Gasteiger charge is 2.14. The maximum atomic E-state index is 5.11. The molecule has 1 heterocycles. The van der Waals surface area contributed by atoms with E-state index in [1.165, 1.54) is 24.1 Å². The Hall–Kier alpha value is -1.02. The van der Waals surface area contributed by atoms with Gasteiger partial charge in [0, 0.05) is 32.2 Å². The lowest BCUT2D eigenvalue weighted by atomic mass is 9.99. The third-order valence-electron chi connectivity index (χ3n) is 3.28. The molecule has 1 aromatic rings. The van der Waals surface area contributed by atoms with Gasteiger partial charge in [0.1, 0.15) is 0 Å². The second-order valence-corrected chi connectivity index (χ2v) is 4.35. The predicted octanol–water partition coefficient (Wildman–Crippen LogP) is 3.05. The molecule has 0 unspecified atom stereocenters. The SMILES string of the molecule is CCc1cn(CCCOC)c2c1CCC=C2. The second kappa shape index (κ2) is 5.35. The molecular formula is C14H21NO. The lowest BCUT2D eigenvalue weighted by molar-refractivity contribution is 0.190. The minimum absolute atomic E-state index is 0.845. The summed E-state index contributed by atoms with van der Waals surface area (Å²) in [4.78, 5) is 0.